The fourth-order valence-corrected chi connectivity index (χ4v) is 2.56. The standard InChI is InChI=1S/C20H19NO3/c22-19-13-18(24-15-20(19)23)14-21(17-9-5-2-6-10-17)12-11-16-7-3-1-4-8-16/h1-10,13,15,23H,11-12,14H2. The second-order valence-corrected chi connectivity index (χ2v) is 5.59. The molecule has 0 amide bonds. The number of nitrogens with zero attached hydrogens (tertiary/aromatic N) is 1. The van der Waals surface area contributed by atoms with Crippen LogP contribution in [0.3, 0.4) is 0 Å². The molecule has 0 aliphatic heterocycles. The van der Waals surface area contributed by atoms with Crippen LogP contribution in [0.2, 0.25) is 0 Å². The van der Waals surface area contributed by atoms with Gasteiger partial charge in [-0.1, -0.05) is 48.5 Å². The fourth-order valence-electron chi connectivity index (χ4n) is 2.56. The molecule has 0 aliphatic rings. The second kappa shape index (κ2) is 7.51. The molecule has 0 fully saturated rings. The van der Waals surface area contributed by atoms with Crippen LogP contribution in [0, 0.1) is 0 Å². The summed E-state index contributed by atoms with van der Waals surface area (Å²) in [6.07, 6.45) is 1.98. The van der Waals surface area contributed by atoms with Gasteiger partial charge in [-0.25, -0.2) is 0 Å². The Morgan fingerprint density at radius 1 is 0.958 bits per heavy atom. The summed E-state index contributed by atoms with van der Waals surface area (Å²) in [6.45, 7) is 1.25. The molecule has 0 radical (unpaired) electrons. The van der Waals surface area contributed by atoms with Crippen molar-refractivity contribution in [3.05, 3.63) is 94.5 Å². The summed E-state index contributed by atoms with van der Waals surface area (Å²) in [5, 5.41) is 9.33. The highest BCUT2D eigenvalue weighted by molar-refractivity contribution is 5.46. The maximum absolute atomic E-state index is 11.6. The molecule has 0 spiro atoms. The molecule has 24 heavy (non-hydrogen) atoms. The Hall–Kier alpha value is -3.01. The van der Waals surface area contributed by atoms with E-state index in [4.69, 9.17) is 4.42 Å². The van der Waals surface area contributed by atoms with Gasteiger partial charge in [-0.2, -0.15) is 0 Å². The normalized spacial score (nSPS) is 10.5. The van der Waals surface area contributed by atoms with E-state index in [1.165, 1.54) is 11.6 Å². The van der Waals surface area contributed by atoms with Gasteiger partial charge in [-0.15, -0.1) is 0 Å². The quantitative estimate of drug-likeness (QED) is 0.754. The number of benzene rings is 2. The molecule has 0 bridgehead atoms. The van der Waals surface area contributed by atoms with Crippen molar-refractivity contribution in [3.63, 3.8) is 0 Å². The van der Waals surface area contributed by atoms with Crippen molar-refractivity contribution in [3.8, 4) is 5.75 Å². The third-order valence-electron chi connectivity index (χ3n) is 3.85. The summed E-state index contributed by atoms with van der Waals surface area (Å²) in [5.74, 6) is 0.156. The van der Waals surface area contributed by atoms with Gasteiger partial charge < -0.3 is 14.4 Å². The predicted molar refractivity (Wildman–Crippen MR) is 94.3 cm³/mol. The highest BCUT2D eigenvalue weighted by Gasteiger charge is 2.10. The molecule has 4 heteroatoms. The number of para-hydroxylation sites is 1. The highest BCUT2D eigenvalue weighted by Crippen LogP contribution is 2.18. The molecule has 1 N–H and O–H groups in total. The van der Waals surface area contributed by atoms with Gasteiger partial charge in [0.05, 0.1) is 6.54 Å². The van der Waals surface area contributed by atoms with Gasteiger partial charge in [0, 0.05) is 18.3 Å². The lowest BCUT2D eigenvalue weighted by Gasteiger charge is -2.24. The van der Waals surface area contributed by atoms with E-state index < -0.39 is 5.43 Å². The first-order chi connectivity index (χ1) is 11.7. The molecule has 0 saturated heterocycles. The number of rotatable bonds is 6. The Morgan fingerprint density at radius 2 is 1.62 bits per heavy atom. The SMILES string of the molecule is O=c1cc(CN(CCc2ccccc2)c2ccccc2)occ1O. The van der Waals surface area contributed by atoms with Gasteiger partial charge in [0.1, 0.15) is 12.0 Å². The zero-order valence-corrected chi connectivity index (χ0v) is 13.3. The molecule has 1 heterocycles. The van der Waals surface area contributed by atoms with Crippen molar-refractivity contribution >= 4 is 5.69 Å². The highest BCUT2D eigenvalue weighted by atomic mass is 16.4. The van der Waals surface area contributed by atoms with E-state index >= 15 is 0 Å². The number of anilines is 1. The zero-order valence-electron chi connectivity index (χ0n) is 13.3. The average molecular weight is 321 g/mol. The van der Waals surface area contributed by atoms with Crippen LogP contribution < -0.4 is 10.3 Å². The third-order valence-corrected chi connectivity index (χ3v) is 3.85. The summed E-state index contributed by atoms with van der Waals surface area (Å²) in [7, 11) is 0. The van der Waals surface area contributed by atoms with E-state index in [0.29, 0.717) is 12.3 Å². The number of hydrogen-bond donors (Lipinski definition) is 1. The first kappa shape index (κ1) is 15.9. The van der Waals surface area contributed by atoms with Crippen LogP contribution in [0.5, 0.6) is 5.75 Å². The molecule has 0 aliphatic carbocycles. The van der Waals surface area contributed by atoms with Crippen LogP contribution >= 0.6 is 0 Å². The van der Waals surface area contributed by atoms with Crippen molar-refractivity contribution in [2.24, 2.45) is 0 Å². The number of aromatic hydroxyl groups is 1. The lowest BCUT2D eigenvalue weighted by atomic mass is 10.1. The Morgan fingerprint density at radius 3 is 2.29 bits per heavy atom. The minimum absolute atomic E-state index is 0.366. The second-order valence-electron chi connectivity index (χ2n) is 5.59. The van der Waals surface area contributed by atoms with Crippen LogP contribution in [0.1, 0.15) is 11.3 Å². The smallest absolute Gasteiger partial charge is 0.226 e. The molecule has 2 aromatic carbocycles. The van der Waals surface area contributed by atoms with Crippen molar-refractivity contribution in [2.75, 3.05) is 11.4 Å². The molecule has 3 rings (SSSR count). The van der Waals surface area contributed by atoms with Crippen molar-refractivity contribution in [1.29, 1.82) is 0 Å². The molecule has 3 aromatic rings. The molecule has 0 saturated carbocycles. The Bertz CT molecular complexity index is 828. The third kappa shape index (κ3) is 4.04. The first-order valence-electron chi connectivity index (χ1n) is 7.87. The lowest BCUT2D eigenvalue weighted by molar-refractivity contribution is 0.411. The summed E-state index contributed by atoms with van der Waals surface area (Å²) in [6, 6.07) is 21.6. The largest absolute Gasteiger partial charge is 0.502 e. The Balaban J connectivity index is 1.79. The number of hydrogen-bond acceptors (Lipinski definition) is 4. The fraction of sp³-hybridized carbons (Fsp3) is 0.150. The molecule has 0 atom stereocenters. The molecule has 0 unspecified atom stereocenters. The van der Waals surface area contributed by atoms with Crippen LogP contribution in [0.4, 0.5) is 5.69 Å². The van der Waals surface area contributed by atoms with Gasteiger partial charge in [0.25, 0.3) is 0 Å². The molecule has 122 valence electrons. The first-order valence-corrected chi connectivity index (χ1v) is 7.87. The average Bonchev–Trinajstić information content (AvgIpc) is 2.63. The molecular formula is C20H19NO3. The minimum atomic E-state index is -0.424. The van der Waals surface area contributed by atoms with Gasteiger partial charge in [0.2, 0.25) is 5.43 Å². The van der Waals surface area contributed by atoms with Gasteiger partial charge in [0.15, 0.2) is 5.75 Å². The zero-order chi connectivity index (χ0) is 16.8. The van der Waals surface area contributed by atoms with Crippen LogP contribution in [-0.2, 0) is 13.0 Å². The maximum Gasteiger partial charge on any atom is 0.226 e. The summed E-state index contributed by atoms with van der Waals surface area (Å²) in [5.41, 5.74) is 1.89. The topological polar surface area (TPSA) is 53.7 Å². The van der Waals surface area contributed by atoms with E-state index in [0.717, 1.165) is 24.9 Å². The maximum atomic E-state index is 11.6. The molecule has 1 aromatic heterocycles. The van der Waals surface area contributed by atoms with E-state index in [9.17, 15) is 9.90 Å². The van der Waals surface area contributed by atoms with Gasteiger partial charge in [-0.05, 0) is 24.1 Å². The van der Waals surface area contributed by atoms with Crippen LogP contribution in [-0.4, -0.2) is 11.7 Å². The molecule has 4 nitrogen and oxygen atoms in total. The summed E-state index contributed by atoms with van der Waals surface area (Å²) < 4.78 is 5.35. The van der Waals surface area contributed by atoms with Gasteiger partial charge >= 0.3 is 0 Å². The van der Waals surface area contributed by atoms with Crippen LogP contribution in [0.15, 0.2) is 82.2 Å². The Labute approximate surface area is 140 Å². The monoisotopic (exact) mass is 321 g/mol. The van der Waals surface area contributed by atoms with Gasteiger partial charge in [-0.3, -0.25) is 4.79 Å². The molecular weight excluding hydrogens is 302 g/mol. The van der Waals surface area contributed by atoms with E-state index in [1.54, 1.807) is 0 Å². The minimum Gasteiger partial charge on any atom is -0.502 e. The van der Waals surface area contributed by atoms with E-state index in [1.807, 2.05) is 48.5 Å². The van der Waals surface area contributed by atoms with E-state index in [2.05, 4.69) is 17.0 Å². The lowest BCUT2D eigenvalue weighted by Crippen LogP contribution is -2.25. The summed E-state index contributed by atoms with van der Waals surface area (Å²) >= 11 is 0. The summed E-state index contributed by atoms with van der Waals surface area (Å²) in [4.78, 5) is 13.8. The predicted octanol–water partition coefficient (Wildman–Crippen LogP) is 3.59. The van der Waals surface area contributed by atoms with Crippen molar-refractivity contribution in [2.45, 2.75) is 13.0 Å². The van der Waals surface area contributed by atoms with Crippen molar-refractivity contribution in [1.82, 2.24) is 0 Å². The Kier molecular flexibility index (Phi) is 4.96. The van der Waals surface area contributed by atoms with Crippen LogP contribution in [0.25, 0.3) is 0 Å². The van der Waals surface area contributed by atoms with E-state index in [-0.39, 0.29) is 5.75 Å². The van der Waals surface area contributed by atoms with Crippen molar-refractivity contribution < 1.29 is 9.52 Å².